The third-order valence-corrected chi connectivity index (χ3v) is 9.87. The average molecular weight is 544 g/mol. The summed E-state index contributed by atoms with van der Waals surface area (Å²) < 4.78 is 7.31. The molecule has 2 saturated carbocycles. The lowest BCUT2D eigenvalue weighted by Crippen LogP contribution is -2.37. The molecule has 1 aromatic carbocycles. The van der Waals surface area contributed by atoms with Crippen LogP contribution in [0, 0.1) is 17.8 Å². The third-order valence-electron chi connectivity index (χ3n) is 9.87. The van der Waals surface area contributed by atoms with E-state index in [1.54, 1.807) is 12.4 Å². The molecular weight excluding hydrogens is 502 g/mol. The van der Waals surface area contributed by atoms with Crippen LogP contribution < -0.4 is 15.9 Å². The van der Waals surface area contributed by atoms with Crippen molar-refractivity contribution in [1.82, 2.24) is 24.4 Å². The largest absolute Gasteiger partial charge is 0.379 e. The van der Waals surface area contributed by atoms with Gasteiger partial charge in [0.1, 0.15) is 0 Å². The SMILES string of the molecule is O=c1ncc2cnc(Nc3ccc(N4CCC(CCCN5CCOCC5)CC4)cc3)nc2n1C1CC2CCC1C2. The van der Waals surface area contributed by atoms with Crippen LogP contribution in [0.25, 0.3) is 11.0 Å². The number of benzene rings is 1. The topological polar surface area (TPSA) is 88.4 Å². The predicted molar refractivity (Wildman–Crippen MR) is 157 cm³/mol. The number of nitrogens with zero attached hydrogens (tertiary/aromatic N) is 6. The number of hydrogen-bond donors (Lipinski definition) is 1. The number of aromatic nitrogens is 4. The Balaban J connectivity index is 0.963. The summed E-state index contributed by atoms with van der Waals surface area (Å²) in [7, 11) is 0. The van der Waals surface area contributed by atoms with E-state index in [0.29, 0.717) is 17.5 Å². The second-order valence-electron chi connectivity index (χ2n) is 12.3. The van der Waals surface area contributed by atoms with Crippen LogP contribution in [0.4, 0.5) is 17.3 Å². The average Bonchev–Trinajstić information content (AvgIpc) is 3.63. The van der Waals surface area contributed by atoms with E-state index in [4.69, 9.17) is 9.72 Å². The van der Waals surface area contributed by atoms with Crippen LogP contribution in [-0.2, 0) is 4.74 Å². The Morgan fingerprint density at radius 1 is 0.925 bits per heavy atom. The maximum absolute atomic E-state index is 12.9. The number of morpholine rings is 1. The molecule has 4 heterocycles. The van der Waals surface area contributed by atoms with Crippen molar-refractivity contribution in [2.24, 2.45) is 17.8 Å². The predicted octanol–water partition coefficient (Wildman–Crippen LogP) is 4.62. The molecule has 3 aromatic rings. The van der Waals surface area contributed by atoms with Gasteiger partial charge in [-0.15, -0.1) is 0 Å². The zero-order chi connectivity index (χ0) is 26.9. The first-order valence-corrected chi connectivity index (χ1v) is 15.4. The van der Waals surface area contributed by atoms with E-state index in [1.807, 2.05) is 4.57 Å². The third kappa shape index (κ3) is 5.46. The highest BCUT2D eigenvalue weighted by molar-refractivity contribution is 5.75. The normalized spacial score (nSPS) is 25.6. The molecule has 2 bridgehead atoms. The molecular formula is C31H41N7O2. The first-order valence-electron chi connectivity index (χ1n) is 15.4. The summed E-state index contributed by atoms with van der Waals surface area (Å²) in [5.74, 6) is 2.66. The fraction of sp³-hybridized carbons (Fsp3) is 0.613. The number of rotatable bonds is 8. The van der Waals surface area contributed by atoms with E-state index in [9.17, 15) is 4.79 Å². The second kappa shape index (κ2) is 11.4. The molecule has 4 fully saturated rings. The quantitative estimate of drug-likeness (QED) is 0.440. The summed E-state index contributed by atoms with van der Waals surface area (Å²) in [5.41, 5.74) is 2.72. The summed E-state index contributed by atoms with van der Waals surface area (Å²) >= 11 is 0. The minimum atomic E-state index is -0.195. The molecule has 40 heavy (non-hydrogen) atoms. The van der Waals surface area contributed by atoms with E-state index in [2.05, 4.69) is 49.4 Å². The summed E-state index contributed by atoms with van der Waals surface area (Å²) in [6.45, 7) is 7.43. The van der Waals surface area contributed by atoms with Gasteiger partial charge in [0.2, 0.25) is 5.95 Å². The summed E-state index contributed by atoms with van der Waals surface area (Å²) in [6, 6.07) is 8.80. The summed E-state index contributed by atoms with van der Waals surface area (Å²) in [6.07, 6.45) is 13.3. The minimum absolute atomic E-state index is 0.195. The Bertz CT molecular complexity index is 1360. The maximum Gasteiger partial charge on any atom is 0.349 e. The highest BCUT2D eigenvalue weighted by Gasteiger charge is 2.41. The molecule has 3 unspecified atom stereocenters. The molecule has 2 saturated heterocycles. The highest BCUT2D eigenvalue weighted by Crippen LogP contribution is 2.50. The summed E-state index contributed by atoms with van der Waals surface area (Å²) in [5, 5.41) is 4.18. The van der Waals surface area contributed by atoms with Gasteiger partial charge >= 0.3 is 5.69 Å². The van der Waals surface area contributed by atoms with Crippen LogP contribution in [0.1, 0.15) is 57.4 Å². The summed E-state index contributed by atoms with van der Waals surface area (Å²) in [4.78, 5) is 31.4. The lowest BCUT2D eigenvalue weighted by molar-refractivity contribution is 0.0365. The molecule has 2 aliphatic heterocycles. The Labute approximate surface area is 236 Å². The van der Waals surface area contributed by atoms with Crippen molar-refractivity contribution in [3.8, 4) is 0 Å². The van der Waals surface area contributed by atoms with Gasteiger partial charge in [0.25, 0.3) is 0 Å². The molecule has 4 aliphatic rings. The van der Waals surface area contributed by atoms with E-state index in [-0.39, 0.29) is 11.7 Å². The first-order chi connectivity index (χ1) is 19.7. The molecule has 212 valence electrons. The van der Waals surface area contributed by atoms with E-state index in [0.717, 1.165) is 68.7 Å². The van der Waals surface area contributed by atoms with Gasteiger partial charge < -0.3 is 15.0 Å². The van der Waals surface area contributed by atoms with Crippen molar-refractivity contribution in [3.05, 3.63) is 47.1 Å². The molecule has 9 nitrogen and oxygen atoms in total. The molecule has 1 N–H and O–H groups in total. The van der Waals surface area contributed by atoms with E-state index in [1.165, 1.54) is 57.2 Å². The van der Waals surface area contributed by atoms with Gasteiger partial charge in [0.05, 0.1) is 18.6 Å². The standard InChI is InChI=1S/C31H41N7O2/c39-31-33-21-25-20-32-30(35-29(25)38(31)28-19-23-3-4-24(28)18-23)34-26-5-7-27(8-6-26)37-12-9-22(10-13-37)2-1-11-36-14-16-40-17-15-36/h5-8,20-24,28H,1-4,9-19H2,(H,32,34,35). The van der Waals surface area contributed by atoms with Crippen molar-refractivity contribution >= 4 is 28.4 Å². The molecule has 2 aromatic heterocycles. The highest BCUT2D eigenvalue weighted by atomic mass is 16.5. The monoisotopic (exact) mass is 543 g/mol. The number of nitrogens with one attached hydrogen (secondary N) is 1. The van der Waals surface area contributed by atoms with Crippen LogP contribution in [0.15, 0.2) is 41.5 Å². The number of anilines is 3. The van der Waals surface area contributed by atoms with Crippen LogP contribution in [0.2, 0.25) is 0 Å². The minimum Gasteiger partial charge on any atom is -0.379 e. The molecule has 9 heteroatoms. The zero-order valence-electron chi connectivity index (χ0n) is 23.4. The molecule has 7 rings (SSSR count). The molecule has 3 atom stereocenters. The van der Waals surface area contributed by atoms with Crippen LogP contribution >= 0.6 is 0 Å². The van der Waals surface area contributed by atoms with Gasteiger partial charge in [-0.05, 0) is 93.5 Å². The van der Waals surface area contributed by atoms with E-state index >= 15 is 0 Å². The lowest BCUT2D eigenvalue weighted by atomic mass is 9.92. The Morgan fingerprint density at radius 2 is 1.73 bits per heavy atom. The Morgan fingerprint density at radius 3 is 2.48 bits per heavy atom. The van der Waals surface area contributed by atoms with Gasteiger partial charge in [0, 0.05) is 56.0 Å². The van der Waals surface area contributed by atoms with Crippen molar-refractivity contribution in [3.63, 3.8) is 0 Å². The second-order valence-corrected chi connectivity index (χ2v) is 12.3. The van der Waals surface area contributed by atoms with Crippen molar-refractivity contribution in [2.45, 2.75) is 57.4 Å². The number of fused-ring (bicyclic) bond motifs is 3. The fourth-order valence-corrected chi connectivity index (χ4v) is 7.62. The molecule has 0 spiro atoms. The van der Waals surface area contributed by atoms with Crippen molar-refractivity contribution < 1.29 is 4.74 Å². The fourth-order valence-electron chi connectivity index (χ4n) is 7.62. The molecule has 0 radical (unpaired) electrons. The molecule has 2 aliphatic carbocycles. The first kappa shape index (κ1) is 25.9. The number of hydrogen-bond acceptors (Lipinski definition) is 8. The van der Waals surface area contributed by atoms with Gasteiger partial charge in [-0.2, -0.15) is 4.98 Å². The van der Waals surface area contributed by atoms with Crippen LogP contribution in [0.5, 0.6) is 0 Å². The van der Waals surface area contributed by atoms with Gasteiger partial charge in [-0.1, -0.05) is 6.42 Å². The Kier molecular flexibility index (Phi) is 7.41. The van der Waals surface area contributed by atoms with Crippen LogP contribution in [0.3, 0.4) is 0 Å². The van der Waals surface area contributed by atoms with E-state index < -0.39 is 0 Å². The zero-order valence-corrected chi connectivity index (χ0v) is 23.4. The van der Waals surface area contributed by atoms with Gasteiger partial charge in [0.15, 0.2) is 5.65 Å². The number of piperidine rings is 1. The maximum atomic E-state index is 12.9. The van der Waals surface area contributed by atoms with Crippen molar-refractivity contribution in [1.29, 1.82) is 0 Å². The van der Waals surface area contributed by atoms with Crippen LogP contribution in [-0.4, -0.2) is 70.4 Å². The van der Waals surface area contributed by atoms with Crippen molar-refractivity contribution in [2.75, 3.05) is 56.2 Å². The Hall–Kier alpha value is -3.04. The van der Waals surface area contributed by atoms with Gasteiger partial charge in [-0.25, -0.2) is 14.8 Å². The smallest absolute Gasteiger partial charge is 0.349 e. The number of ether oxygens (including phenoxy) is 1. The lowest BCUT2D eigenvalue weighted by Gasteiger charge is -2.34. The molecule has 0 amide bonds. The van der Waals surface area contributed by atoms with Gasteiger partial charge in [-0.3, -0.25) is 9.47 Å².